The number of aromatic nitrogens is 1. The molecular formula is C16H23N3O2. The van der Waals surface area contributed by atoms with Gasteiger partial charge in [0.05, 0.1) is 14.2 Å². The summed E-state index contributed by atoms with van der Waals surface area (Å²) < 4.78 is 10.7. The van der Waals surface area contributed by atoms with E-state index in [1.807, 2.05) is 18.2 Å². The lowest BCUT2D eigenvalue weighted by molar-refractivity contribution is 0.356. The fourth-order valence-corrected chi connectivity index (χ4v) is 2.04. The largest absolute Gasteiger partial charge is 0.493 e. The fourth-order valence-electron chi connectivity index (χ4n) is 2.04. The number of fused-ring (bicyclic) bond motifs is 1. The minimum Gasteiger partial charge on any atom is -0.493 e. The molecule has 0 amide bonds. The van der Waals surface area contributed by atoms with Crippen LogP contribution in [0.4, 0.5) is 5.82 Å². The van der Waals surface area contributed by atoms with Crippen molar-refractivity contribution in [2.75, 3.05) is 32.6 Å². The van der Waals surface area contributed by atoms with Crippen LogP contribution in [0, 0.1) is 5.41 Å². The molecule has 0 aliphatic rings. The van der Waals surface area contributed by atoms with Crippen LogP contribution in [-0.4, -0.2) is 32.3 Å². The zero-order valence-corrected chi connectivity index (χ0v) is 13.1. The number of nitrogens with zero attached hydrogens (tertiary/aromatic N) is 1. The van der Waals surface area contributed by atoms with Crippen LogP contribution in [-0.2, 0) is 0 Å². The van der Waals surface area contributed by atoms with E-state index in [-0.39, 0.29) is 5.41 Å². The van der Waals surface area contributed by atoms with Crippen molar-refractivity contribution in [3.05, 3.63) is 24.4 Å². The number of pyridine rings is 1. The lowest BCUT2D eigenvalue weighted by atomic mass is 9.94. The van der Waals surface area contributed by atoms with Gasteiger partial charge in [-0.25, -0.2) is 4.98 Å². The zero-order valence-electron chi connectivity index (χ0n) is 13.1. The lowest BCUT2D eigenvalue weighted by Gasteiger charge is -2.23. The van der Waals surface area contributed by atoms with Crippen LogP contribution in [0.25, 0.3) is 10.8 Å². The first-order valence-corrected chi connectivity index (χ1v) is 6.95. The topological polar surface area (TPSA) is 69.4 Å². The first-order chi connectivity index (χ1) is 10.0. The average Bonchev–Trinajstić information content (AvgIpc) is 2.51. The number of methoxy groups -OCH3 is 2. The van der Waals surface area contributed by atoms with Crippen molar-refractivity contribution in [3.63, 3.8) is 0 Å². The molecule has 5 nitrogen and oxygen atoms in total. The summed E-state index contributed by atoms with van der Waals surface area (Å²) in [4.78, 5) is 4.43. The van der Waals surface area contributed by atoms with Crippen molar-refractivity contribution in [1.82, 2.24) is 4.98 Å². The Hall–Kier alpha value is -2.01. The molecule has 1 heterocycles. The van der Waals surface area contributed by atoms with Gasteiger partial charge in [-0.1, -0.05) is 13.8 Å². The second-order valence-electron chi connectivity index (χ2n) is 5.81. The van der Waals surface area contributed by atoms with Crippen molar-refractivity contribution in [2.45, 2.75) is 13.8 Å². The first-order valence-electron chi connectivity index (χ1n) is 6.95. The Bertz CT molecular complexity index is 626. The van der Waals surface area contributed by atoms with E-state index in [0.29, 0.717) is 18.0 Å². The summed E-state index contributed by atoms with van der Waals surface area (Å²) in [6, 6.07) is 5.85. The minimum atomic E-state index is 0.0143. The summed E-state index contributed by atoms with van der Waals surface area (Å²) in [5.41, 5.74) is 5.78. The van der Waals surface area contributed by atoms with Crippen molar-refractivity contribution in [2.24, 2.45) is 11.1 Å². The normalized spacial score (nSPS) is 11.5. The van der Waals surface area contributed by atoms with Gasteiger partial charge < -0.3 is 20.5 Å². The summed E-state index contributed by atoms with van der Waals surface area (Å²) in [5.74, 6) is 2.23. The molecule has 1 aromatic heterocycles. The molecule has 0 atom stereocenters. The number of ether oxygens (including phenoxy) is 2. The van der Waals surface area contributed by atoms with Gasteiger partial charge in [0, 0.05) is 18.1 Å². The fraction of sp³-hybridized carbons (Fsp3) is 0.438. The second kappa shape index (κ2) is 6.18. The summed E-state index contributed by atoms with van der Waals surface area (Å²) in [6.45, 7) is 5.61. The maximum Gasteiger partial charge on any atom is 0.161 e. The van der Waals surface area contributed by atoms with Crippen molar-refractivity contribution >= 4 is 16.6 Å². The highest BCUT2D eigenvalue weighted by Gasteiger charge is 2.16. The van der Waals surface area contributed by atoms with E-state index in [1.54, 1.807) is 20.4 Å². The third-order valence-electron chi connectivity index (χ3n) is 3.56. The number of anilines is 1. The van der Waals surface area contributed by atoms with Gasteiger partial charge in [-0.3, -0.25) is 0 Å². The predicted molar refractivity (Wildman–Crippen MR) is 86.2 cm³/mol. The molecule has 2 rings (SSSR count). The quantitative estimate of drug-likeness (QED) is 0.855. The maximum atomic E-state index is 5.77. The Morgan fingerprint density at radius 2 is 1.86 bits per heavy atom. The molecule has 0 bridgehead atoms. The molecule has 0 spiro atoms. The first kappa shape index (κ1) is 15.4. The predicted octanol–water partition coefficient (Wildman–Crippen LogP) is 2.65. The molecule has 0 unspecified atom stereocenters. The van der Waals surface area contributed by atoms with E-state index in [4.69, 9.17) is 15.2 Å². The number of hydrogen-bond acceptors (Lipinski definition) is 5. The van der Waals surface area contributed by atoms with E-state index in [9.17, 15) is 0 Å². The standard InChI is InChI=1S/C16H23N3O2/c1-16(2,9-17)10-19-15-12-8-14(21-4)13(20-3)7-11(12)5-6-18-15/h5-8H,9-10,17H2,1-4H3,(H,18,19). The van der Waals surface area contributed by atoms with E-state index in [0.717, 1.165) is 23.1 Å². The zero-order chi connectivity index (χ0) is 15.5. The number of benzene rings is 1. The lowest BCUT2D eigenvalue weighted by Crippen LogP contribution is -2.31. The Kier molecular flexibility index (Phi) is 4.53. The second-order valence-corrected chi connectivity index (χ2v) is 5.81. The molecule has 0 aliphatic heterocycles. The van der Waals surface area contributed by atoms with Gasteiger partial charge in [-0.2, -0.15) is 0 Å². The van der Waals surface area contributed by atoms with Gasteiger partial charge in [0.1, 0.15) is 5.82 Å². The van der Waals surface area contributed by atoms with Gasteiger partial charge in [-0.05, 0) is 35.5 Å². The van der Waals surface area contributed by atoms with Crippen LogP contribution >= 0.6 is 0 Å². The molecule has 0 aliphatic carbocycles. The van der Waals surface area contributed by atoms with Crippen molar-refractivity contribution in [3.8, 4) is 11.5 Å². The molecule has 0 saturated carbocycles. The van der Waals surface area contributed by atoms with Crippen molar-refractivity contribution in [1.29, 1.82) is 0 Å². The van der Waals surface area contributed by atoms with E-state index < -0.39 is 0 Å². The highest BCUT2D eigenvalue weighted by molar-refractivity contribution is 5.94. The SMILES string of the molecule is COc1cc2ccnc(NCC(C)(C)CN)c2cc1OC. The van der Waals surface area contributed by atoms with Crippen molar-refractivity contribution < 1.29 is 9.47 Å². The number of rotatable bonds is 6. The van der Waals surface area contributed by atoms with Crippen LogP contribution in [0.5, 0.6) is 11.5 Å². The minimum absolute atomic E-state index is 0.0143. The molecule has 0 fully saturated rings. The average molecular weight is 289 g/mol. The van der Waals surface area contributed by atoms with Gasteiger partial charge in [0.25, 0.3) is 0 Å². The van der Waals surface area contributed by atoms with Crippen LogP contribution < -0.4 is 20.5 Å². The smallest absolute Gasteiger partial charge is 0.161 e. The number of nitrogens with two attached hydrogens (primary N) is 1. The molecule has 2 aromatic rings. The Morgan fingerprint density at radius 3 is 2.48 bits per heavy atom. The molecule has 0 radical (unpaired) electrons. The molecule has 3 N–H and O–H groups in total. The van der Waals surface area contributed by atoms with Gasteiger partial charge in [-0.15, -0.1) is 0 Å². The van der Waals surface area contributed by atoms with Gasteiger partial charge in [0.2, 0.25) is 0 Å². The van der Waals surface area contributed by atoms with Crippen LogP contribution in [0.1, 0.15) is 13.8 Å². The summed E-state index contributed by atoms with van der Waals surface area (Å²) in [5, 5.41) is 5.43. The van der Waals surface area contributed by atoms with E-state index in [1.165, 1.54) is 0 Å². The Balaban J connectivity index is 2.40. The van der Waals surface area contributed by atoms with E-state index in [2.05, 4.69) is 24.1 Å². The van der Waals surface area contributed by atoms with Crippen LogP contribution in [0.15, 0.2) is 24.4 Å². The molecule has 114 valence electrons. The van der Waals surface area contributed by atoms with Crippen LogP contribution in [0.3, 0.4) is 0 Å². The Morgan fingerprint density at radius 1 is 1.19 bits per heavy atom. The summed E-state index contributed by atoms with van der Waals surface area (Å²) in [7, 11) is 3.26. The van der Waals surface area contributed by atoms with E-state index >= 15 is 0 Å². The molecule has 21 heavy (non-hydrogen) atoms. The highest BCUT2D eigenvalue weighted by Crippen LogP contribution is 2.34. The maximum absolute atomic E-state index is 5.77. The monoisotopic (exact) mass is 289 g/mol. The van der Waals surface area contributed by atoms with Gasteiger partial charge >= 0.3 is 0 Å². The third-order valence-corrected chi connectivity index (χ3v) is 3.56. The molecule has 1 aromatic carbocycles. The van der Waals surface area contributed by atoms with Gasteiger partial charge in [0.15, 0.2) is 11.5 Å². The third kappa shape index (κ3) is 3.36. The molecular weight excluding hydrogens is 266 g/mol. The highest BCUT2D eigenvalue weighted by atomic mass is 16.5. The van der Waals surface area contributed by atoms with Crippen LogP contribution in [0.2, 0.25) is 0 Å². The molecule has 5 heteroatoms. The molecule has 0 saturated heterocycles. The number of nitrogens with one attached hydrogen (secondary N) is 1. The summed E-state index contributed by atoms with van der Waals surface area (Å²) >= 11 is 0. The Labute approximate surface area is 125 Å². The summed E-state index contributed by atoms with van der Waals surface area (Å²) in [6.07, 6.45) is 1.78. The number of hydrogen-bond donors (Lipinski definition) is 2.